The van der Waals surface area contributed by atoms with Crippen molar-refractivity contribution in [1.29, 1.82) is 0 Å². The van der Waals surface area contributed by atoms with E-state index in [0.29, 0.717) is 6.42 Å². The fourth-order valence-corrected chi connectivity index (χ4v) is 2.31. The number of benzene rings is 1. The van der Waals surface area contributed by atoms with E-state index in [1.165, 1.54) is 0 Å². The maximum absolute atomic E-state index is 12.6. The van der Waals surface area contributed by atoms with Crippen molar-refractivity contribution in [2.75, 3.05) is 0 Å². The molecule has 1 aromatic carbocycles. The highest BCUT2D eigenvalue weighted by atomic mass is 16.1. The fourth-order valence-electron chi connectivity index (χ4n) is 2.31. The van der Waals surface area contributed by atoms with E-state index < -0.39 is 5.41 Å². The number of aryl methyl sites for hydroxylation is 2. The molecule has 0 aliphatic rings. The second-order valence-electron chi connectivity index (χ2n) is 5.70. The first-order valence-electron chi connectivity index (χ1n) is 7.05. The molecule has 20 heavy (non-hydrogen) atoms. The van der Waals surface area contributed by atoms with Crippen LogP contribution in [0.15, 0.2) is 36.4 Å². The molecule has 1 aromatic heterocycles. The zero-order valence-corrected chi connectivity index (χ0v) is 12.7. The second-order valence-corrected chi connectivity index (χ2v) is 5.70. The summed E-state index contributed by atoms with van der Waals surface area (Å²) in [5.74, 6) is 0.217. The van der Waals surface area contributed by atoms with E-state index in [9.17, 15) is 4.79 Å². The van der Waals surface area contributed by atoms with Gasteiger partial charge in [0.25, 0.3) is 0 Å². The third-order valence-electron chi connectivity index (χ3n) is 3.92. The predicted molar refractivity (Wildman–Crippen MR) is 80.8 cm³/mol. The molecule has 0 saturated carbocycles. The van der Waals surface area contributed by atoms with E-state index in [-0.39, 0.29) is 5.78 Å². The molecule has 0 atom stereocenters. The van der Waals surface area contributed by atoms with Crippen molar-refractivity contribution in [3.8, 4) is 0 Å². The molecule has 0 fully saturated rings. The van der Waals surface area contributed by atoms with Crippen LogP contribution in [0, 0.1) is 0 Å². The van der Waals surface area contributed by atoms with Gasteiger partial charge in [-0.1, -0.05) is 37.3 Å². The highest BCUT2D eigenvalue weighted by molar-refractivity contribution is 5.90. The lowest BCUT2D eigenvalue weighted by atomic mass is 9.79. The number of hydrogen-bond donors (Lipinski definition) is 0. The first kappa shape index (κ1) is 14.5. The van der Waals surface area contributed by atoms with E-state index >= 15 is 0 Å². The van der Waals surface area contributed by atoms with Crippen LogP contribution in [-0.4, -0.2) is 15.6 Å². The Morgan fingerprint density at radius 3 is 2.45 bits per heavy atom. The van der Waals surface area contributed by atoms with Crippen LogP contribution in [0.4, 0.5) is 0 Å². The monoisotopic (exact) mass is 270 g/mol. The van der Waals surface area contributed by atoms with Crippen molar-refractivity contribution >= 4 is 5.78 Å². The Bertz CT molecular complexity index is 597. The van der Waals surface area contributed by atoms with Crippen molar-refractivity contribution in [2.24, 2.45) is 7.05 Å². The molecule has 106 valence electrons. The number of nitrogens with zero attached hydrogens (tertiary/aromatic N) is 2. The Kier molecular flexibility index (Phi) is 4.07. The average molecular weight is 270 g/mol. The molecule has 0 radical (unpaired) electrons. The quantitative estimate of drug-likeness (QED) is 0.837. The van der Waals surface area contributed by atoms with Crippen LogP contribution in [-0.2, 0) is 30.1 Å². The number of carbonyl (C=O) groups is 1. The number of hydrogen-bond acceptors (Lipinski definition) is 2. The predicted octanol–water partition coefficient (Wildman–Crippen LogP) is 3.07. The standard InChI is InChI=1S/C17H22N2O/c1-5-14-11-15(19(4)18-14)12-16(20)17(2,3)13-9-7-6-8-10-13/h6-11H,5,12H2,1-4H3. The van der Waals surface area contributed by atoms with Crippen LogP contribution < -0.4 is 0 Å². The van der Waals surface area contributed by atoms with Crippen LogP contribution in [0.1, 0.15) is 37.7 Å². The molecule has 2 rings (SSSR count). The molecule has 0 spiro atoms. The van der Waals surface area contributed by atoms with Gasteiger partial charge in [0.2, 0.25) is 0 Å². The molecular weight excluding hydrogens is 248 g/mol. The second kappa shape index (κ2) is 5.61. The van der Waals surface area contributed by atoms with Gasteiger partial charge in [-0.2, -0.15) is 5.10 Å². The van der Waals surface area contributed by atoms with E-state index in [1.54, 1.807) is 0 Å². The Morgan fingerprint density at radius 1 is 1.25 bits per heavy atom. The minimum atomic E-state index is -0.474. The molecule has 0 amide bonds. The Balaban J connectivity index is 2.21. The normalized spacial score (nSPS) is 11.6. The lowest BCUT2D eigenvalue weighted by Gasteiger charge is -2.23. The Hall–Kier alpha value is -1.90. The lowest BCUT2D eigenvalue weighted by molar-refractivity contribution is -0.122. The van der Waals surface area contributed by atoms with Crippen molar-refractivity contribution < 1.29 is 4.79 Å². The van der Waals surface area contributed by atoms with Crippen LogP contribution in [0.25, 0.3) is 0 Å². The molecule has 3 nitrogen and oxygen atoms in total. The number of rotatable bonds is 5. The zero-order chi connectivity index (χ0) is 14.8. The maximum Gasteiger partial charge on any atom is 0.148 e. The van der Waals surface area contributed by atoms with E-state index in [0.717, 1.165) is 23.4 Å². The lowest BCUT2D eigenvalue weighted by Crippen LogP contribution is -2.31. The van der Waals surface area contributed by atoms with Crippen molar-refractivity contribution in [2.45, 2.75) is 39.0 Å². The Morgan fingerprint density at radius 2 is 1.90 bits per heavy atom. The molecule has 2 aromatic rings. The number of carbonyl (C=O) groups excluding carboxylic acids is 1. The van der Waals surface area contributed by atoms with Gasteiger partial charge >= 0.3 is 0 Å². The first-order chi connectivity index (χ1) is 9.45. The highest BCUT2D eigenvalue weighted by Gasteiger charge is 2.29. The third kappa shape index (κ3) is 2.82. The van der Waals surface area contributed by atoms with Gasteiger partial charge in [-0.15, -0.1) is 0 Å². The highest BCUT2D eigenvalue weighted by Crippen LogP contribution is 2.25. The van der Waals surface area contributed by atoms with Gasteiger partial charge in [0.05, 0.1) is 5.69 Å². The third-order valence-corrected chi connectivity index (χ3v) is 3.92. The summed E-state index contributed by atoms with van der Waals surface area (Å²) >= 11 is 0. The van der Waals surface area contributed by atoms with Crippen molar-refractivity contribution in [3.63, 3.8) is 0 Å². The Labute approximate surface area is 120 Å². The number of aromatic nitrogens is 2. The largest absolute Gasteiger partial charge is 0.298 e. The van der Waals surface area contributed by atoms with Gasteiger partial charge in [0, 0.05) is 24.6 Å². The molecule has 0 N–H and O–H groups in total. The summed E-state index contributed by atoms with van der Waals surface area (Å²) in [6, 6.07) is 12.0. The van der Waals surface area contributed by atoms with Crippen LogP contribution >= 0.6 is 0 Å². The smallest absolute Gasteiger partial charge is 0.148 e. The summed E-state index contributed by atoms with van der Waals surface area (Å²) < 4.78 is 1.82. The SMILES string of the molecule is CCc1cc(CC(=O)C(C)(C)c2ccccc2)n(C)n1. The molecule has 0 aliphatic carbocycles. The molecular formula is C17H22N2O. The molecule has 0 aliphatic heterocycles. The van der Waals surface area contributed by atoms with Gasteiger partial charge in [0.1, 0.15) is 5.78 Å². The molecule has 0 bridgehead atoms. The van der Waals surface area contributed by atoms with Crippen LogP contribution in [0.2, 0.25) is 0 Å². The van der Waals surface area contributed by atoms with Gasteiger partial charge in [0.15, 0.2) is 0 Å². The van der Waals surface area contributed by atoms with Crippen molar-refractivity contribution in [3.05, 3.63) is 53.3 Å². The van der Waals surface area contributed by atoms with Crippen molar-refractivity contribution in [1.82, 2.24) is 9.78 Å². The van der Waals surface area contributed by atoms with Crippen LogP contribution in [0.3, 0.4) is 0 Å². The van der Waals surface area contributed by atoms with Gasteiger partial charge in [-0.3, -0.25) is 9.48 Å². The minimum absolute atomic E-state index is 0.217. The summed E-state index contributed by atoms with van der Waals surface area (Å²) in [5.41, 5.74) is 2.60. The number of ketones is 1. The fraction of sp³-hybridized carbons (Fsp3) is 0.412. The van der Waals surface area contributed by atoms with Crippen LogP contribution in [0.5, 0.6) is 0 Å². The van der Waals surface area contributed by atoms with E-state index in [1.807, 2.05) is 62.0 Å². The summed E-state index contributed by atoms with van der Waals surface area (Å²) in [5, 5.41) is 4.40. The topological polar surface area (TPSA) is 34.9 Å². The van der Waals surface area contributed by atoms with Gasteiger partial charge in [-0.05, 0) is 31.9 Å². The van der Waals surface area contributed by atoms with Gasteiger partial charge in [-0.25, -0.2) is 0 Å². The molecule has 3 heteroatoms. The summed E-state index contributed by atoms with van der Waals surface area (Å²) in [4.78, 5) is 12.6. The molecule has 1 heterocycles. The maximum atomic E-state index is 12.6. The molecule has 0 saturated heterocycles. The average Bonchev–Trinajstić information content (AvgIpc) is 2.80. The summed E-state index contributed by atoms with van der Waals surface area (Å²) in [6.07, 6.45) is 1.31. The summed E-state index contributed by atoms with van der Waals surface area (Å²) in [6.45, 7) is 6.05. The summed E-state index contributed by atoms with van der Waals surface area (Å²) in [7, 11) is 1.90. The van der Waals surface area contributed by atoms with E-state index in [4.69, 9.17) is 0 Å². The zero-order valence-electron chi connectivity index (χ0n) is 12.7. The van der Waals surface area contributed by atoms with Gasteiger partial charge < -0.3 is 0 Å². The molecule has 0 unspecified atom stereocenters. The van der Waals surface area contributed by atoms with E-state index in [2.05, 4.69) is 12.0 Å². The minimum Gasteiger partial charge on any atom is -0.298 e. The number of Topliss-reactive ketones (excluding diaryl/α,β-unsaturated/α-hetero) is 1. The first-order valence-corrected chi connectivity index (χ1v) is 7.05.